The van der Waals surface area contributed by atoms with Gasteiger partial charge in [-0.25, -0.2) is 9.97 Å². The maximum absolute atomic E-state index is 5.75. The third kappa shape index (κ3) is 3.51. The van der Waals surface area contributed by atoms with Crippen LogP contribution < -0.4 is 16.0 Å². The Morgan fingerprint density at radius 3 is 2.86 bits per heavy atom. The van der Waals surface area contributed by atoms with Crippen LogP contribution in [0.5, 0.6) is 0 Å². The Morgan fingerprint density at radius 2 is 2.10 bits per heavy atom. The molecule has 0 atom stereocenters. The van der Waals surface area contributed by atoms with Crippen LogP contribution in [0.4, 0.5) is 17.8 Å². The van der Waals surface area contributed by atoms with E-state index in [0.717, 1.165) is 18.8 Å². The van der Waals surface area contributed by atoms with E-state index in [1.54, 1.807) is 6.20 Å². The van der Waals surface area contributed by atoms with Gasteiger partial charge in [0.2, 0.25) is 17.8 Å². The van der Waals surface area contributed by atoms with Crippen LogP contribution in [0, 0.1) is 0 Å². The largest absolute Gasteiger partial charge is 0.378 e. The fraction of sp³-hybridized carbons (Fsp3) is 0.417. The molecular weight excluding hydrogens is 272 g/mol. The summed E-state index contributed by atoms with van der Waals surface area (Å²) in [5.74, 6) is 1.19. The first-order valence-electron chi connectivity index (χ1n) is 6.64. The molecule has 0 bridgehead atoms. The molecule has 0 saturated carbocycles. The average molecular weight is 288 g/mol. The number of aromatic nitrogens is 5. The minimum absolute atomic E-state index is 0.191. The van der Waals surface area contributed by atoms with Crippen molar-refractivity contribution in [3.8, 4) is 0 Å². The van der Waals surface area contributed by atoms with Gasteiger partial charge in [0.15, 0.2) is 0 Å². The number of rotatable bonds is 4. The first-order chi connectivity index (χ1) is 10.3. The molecule has 9 nitrogen and oxygen atoms in total. The highest BCUT2D eigenvalue weighted by atomic mass is 16.5. The summed E-state index contributed by atoms with van der Waals surface area (Å²) in [6.45, 7) is 3.31. The van der Waals surface area contributed by atoms with Crippen molar-refractivity contribution in [1.29, 1.82) is 0 Å². The Hall–Kier alpha value is -2.55. The summed E-state index contributed by atoms with van der Waals surface area (Å²) in [6.07, 6.45) is 3.18. The number of morpholine rings is 1. The van der Waals surface area contributed by atoms with Crippen molar-refractivity contribution in [3.05, 3.63) is 24.3 Å². The SMILES string of the molecule is Nc1nc(NCc2ccncn2)nc(N2CCOCC2)n1. The normalized spacial score (nSPS) is 15.0. The predicted molar refractivity (Wildman–Crippen MR) is 76.6 cm³/mol. The second-order valence-electron chi connectivity index (χ2n) is 4.47. The molecule has 0 aliphatic carbocycles. The second kappa shape index (κ2) is 6.27. The molecule has 9 heteroatoms. The number of ether oxygens (including phenoxy) is 1. The van der Waals surface area contributed by atoms with Gasteiger partial charge in [-0.05, 0) is 6.07 Å². The minimum Gasteiger partial charge on any atom is -0.378 e. The molecule has 0 aromatic carbocycles. The Balaban J connectivity index is 1.71. The van der Waals surface area contributed by atoms with E-state index < -0.39 is 0 Å². The molecule has 0 unspecified atom stereocenters. The molecule has 2 aromatic heterocycles. The third-order valence-electron chi connectivity index (χ3n) is 3.01. The lowest BCUT2D eigenvalue weighted by Gasteiger charge is -2.26. The number of hydrogen-bond donors (Lipinski definition) is 2. The van der Waals surface area contributed by atoms with E-state index in [4.69, 9.17) is 10.5 Å². The summed E-state index contributed by atoms with van der Waals surface area (Å²) >= 11 is 0. The second-order valence-corrected chi connectivity index (χ2v) is 4.47. The number of hydrogen-bond acceptors (Lipinski definition) is 9. The molecule has 1 fully saturated rings. The Kier molecular flexibility index (Phi) is 4.01. The summed E-state index contributed by atoms with van der Waals surface area (Å²) < 4.78 is 5.31. The quantitative estimate of drug-likeness (QED) is 0.781. The van der Waals surface area contributed by atoms with Gasteiger partial charge in [0.25, 0.3) is 0 Å². The van der Waals surface area contributed by atoms with Crippen LogP contribution in [-0.4, -0.2) is 51.2 Å². The fourth-order valence-corrected chi connectivity index (χ4v) is 1.96. The topological polar surface area (TPSA) is 115 Å². The highest BCUT2D eigenvalue weighted by Gasteiger charge is 2.15. The first-order valence-corrected chi connectivity index (χ1v) is 6.64. The molecule has 110 valence electrons. The highest BCUT2D eigenvalue weighted by Crippen LogP contribution is 2.13. The van der Waals surface area contributed by atoms with Crippen molar-refractivity contribution in [1.82, 2.24) is 24.9 Å². The summed E-state index contributed by atoms with van der Waals surface area (Å²) in [5.41, 5.74) is 6.59. The maximum atomic E-state index is 5.75. The van der Waals surface area contributed by atoms with Crippen LogP contribution in [0.2, 0.25) is 0 Å². The molecular formula is C12H16N8O. The molecule has 3 heterocycles. The molecule has 3 N–H and O–H groups in total. The monoisotopic (exact) mass is 288 g/mol. The zero-order chi connectivity index (χ0) is 14.5. The smallest absolute Gasteiger partial charge is 0.232 e. The van der Waals surface area contributed by atoms with E-state index in [9.17, 15) is 0 Å². The van der Waals surface area contributed by atoms with E-state index in [1.807, 2.05) is 11.0 Å². The summed E-state index contributed by atoms with van der Waals surface area (Å²) in [4.78, 5) is 22.7. The van der Waals surface area contributed by atoms with Gasteiger partial charge in [0.1, 0.15) is 6.33 Å². The van der Waals surface area contributed by atoms with Crippen molar-refractivity contribution >= 4 is 17.8 Å². The predicted octanol–water partition coefficient (Wildman–Crippen LogP) is -0.308. The van der Waals surface area contributed by atoms with Gasteiger partial charge in [-0.3, -0.25) is 0 Å². The van der Waals surface area contributed by atoms with Crippen LogP contribution in [-0.2, 0) is 11.3 Å². The van der Waals surface area contributed by atoms with E-state index in [2.05, 4.69) is 30.2 Å². The van der Waals surface area contributed by atoms with Crippen LogP contribution in [0.15, 0.2) is 18.6 Å². The van der Waals surface area contributed by atoms with Gasteiger partial charge < -0.3 is 20.7 Å². The van der Waals surface area contributed by atoms with Crippen LogP contribution in [0.3, 0.4) is 0 Å². The van der Waals surface area contributed by atoms with Crippen LogP contribution in [0.25, 0.3) is 0 Å². The van der Waals surface area contributed by atoms with Gasteiger partial charge in [-0.1, -0.05) is 0 Å². The average Bonchev–Trinajstić information content (AvgIpc) is 2.54. The van der Waals surface area contributed by atoms with Gasteiger partial charge in [-0.2, -0.15) is 15.0 Å². The van der Waals surface area contributed by atoms with E-state index in [-0.39, 0.29) is 5.95 Å². The molecule has 0 spiro atoms. The van der Waals surface area contributed by atoms with E-state index >= 15 is 0 Å². The highest BCUT2D eigenvalue weighted by molar-refractivity contribution is 5.42. The first kappa shape index (κ1) is 13.4. The zero-order valence-electron chi connectivity index (χ0n) is 11.4. The van der Waals surface area contributed by atoms with Crippen LogP contribution in [0.1, 0.15) is 5.69 Å². The molecule has 0 radical (unpaired) electrons. The summed E-state index contributed by atoms with van der Waals surface area (Å²) in [6, 6.07) is 1.82. The molecule has 0 amide bonds. The fourth-order valence-electron chi connectivity index (χ4n) is 1.96. The van der Waals surface area contributed by atoms with Gasteiger partial charge in [0.05, 0.1) is 25.5 Å². The lowest BCUT2D eigenvalue weighted by molar-refractivity contribution is 0.122. The van der Waals surface area contributed by atoms with Crippen molar-refractivity contribution in [2.24, 2.45) is 0 Å². The third-order valence-corrected chi connectivity index (χ3v) is 3.01. The summed E-state index contributed by atoms with van der Waals surface area (Å²) in [5, 5.41) is 3.09. The Labute approximate surface area is 121 Å². The number of nitrogen functional groups attached to an aromatic ring is 1. The van der Waals surface area contributed by atoms with Gasteiger partial charge >= 0.3 is 0 Å². The number of nitrogens with zero attached hydrogens (tertiary/aromatic N) is 6. The zero-order valence-corrected chi connectivity index (χ0v) is 11.4. The Bertz CT molecular complexity index is 587. The van der Waals surface area contributed by atoms with Crippen molar-refractivity contribution in [3.63, 3.8) is 0 Å². The number of nitrogens with one attached hydrogen (secondary N) is 1. The Morgan fingerprint density at radius 1 is 1.24 bits per heavy atom. The van der Waals surface area contributed by atoms with E-state index in [0.29, 0.717) is 31.7 Å². The molecule has 21 heavy (non-hydrogen) atoms. The van der Waals surface area contributed by atoms with Crippen molar-refractivity contribution in [2.45, 2.75) is 6.54 Å². The number of anilines is 3. The minimum atomic E-state index is 0.191. The summed E-state index contributed by atoms with van der Waals surface area (Å²) in [7, 11) is 0. The molecule has 1 aliphatic heterocycles. The van der Waals surface area contributed by atoms with Crippen molar-refractivity contribution < 1.29 is 4.74 Å². The van der Waals surface area contributed by atoms with Crippen molar-refractivity contribution in [2.75, 3.05) is 42.3 Å². The number of nitrogens with two attached hydrogens (primary N) is 1. The molecule has 3 rings (SSSR count). The lowest BCUT2D eigenvalue weighted by Crippen LogP contribution is -2.37. The maximum Gasteiger partial charge on any atom is 0.232 e. The standard InChI is InChI=1S/C12H16N8O/c13-10-17-11(15-7-9-1-2-14-8-16-9)19-12(18-10)20-3-5-21-6-4-20/h1-2,8H,3-7H2,(H3,13,15,17,18,19). The van der Waals surface area contributed by atoms with Gasteiger partial charge in [0, 0.05) is 19.3 Å². The van der Waals surface area contributed by atoms with Crippen LogP contribution >= 0.6 is 0 Å². The van der Waals surface area contributed by atoms with E-state index in [1.165, 1.54) is 6.33 Å². The lowest BCUT2D eigenvalue weighted by atomic mass is 10.4. The molecule has 2 aromatic rings. The molecule has 1 saturated heterocycles. The molecule has 1 aliphatic rings. The van der Waals surface area contributed by atoms with Gasteiger partial charge in [-0.15, -0.1) is 0 Å².